The van der Waals surface area contributed by atoms with Crippen LogP contribution in [0.2, 0.25) is 0 Å². The van der Waals surface area contributed by atoms with Crippen LogP contribution in [0.1, 0.15) is 39.5 Å². The molecule has 0 atom stereocenters. The van der Waals surface area contributed by atoms with Crippen molar-refractivity contribution >= 4 is 26.0 Å². The molecule has 0 N–H and O–H groups in total. The summed E-state index contributed by atoms with van der Waals surface area (Å²) in [5.41, 5.74) is 0. The van der Waals surface area contributed by atoms with E-state index in [9.17, 15) is 8.42 Å². The average Bonchev–Trinajstić information content (AvgIpc) is 2.65. The Kier molecular flexibility index (Phi) is 8.54. The van der Waals surface area contributed by atoms with E-state index in [4.69, 9.17) is 4.74 Å². The average molecular weight is 447 g/mol. The van der Waals surface area contributed by atoms with Gasteiger partial charge in [0.15, 0.2) is 0 Å². The molecule has 0 bridgehead atoms. The smallest absolute Gasteiger partial charge is 0.243 e. The van der Waals surface area contributed by atoms with Crippen LogP contribution in [-0.4, -0.2) is 63.1 Å². The second kappa shape index (κ2) is 10.2. The fourth-order valence-electron chi connectivity index (χ4n) is 3.43. The topological polar surface area (TPSA) is 49.9 Å². The van der Waals surface area contributed by atoms with Crippen molar-refractivity contribution in [3.63, 3.8) is 0 Å². The molecule has 1 aliphatic rings. The van der Waals surface area contributed by atoms with Gasteiger partial charge in [-0.1, -0.05) is 29.8 Å². The van der Waals surface area contributed by atoms with Crippen molar-refractivity contribution in [2.24, 2.45) is 0 Å². The molecule has 0 heterocycles. The van der Waals surface area contributed by atoms with E-state index >= 15 is 0 Å². The van der Waals surface area contributed by atoms with Gasteiger partial charge in [-0.3, -0.25) is 0 Å². The first-order chi connectivity index (χ1) is 12.4. The fourth-order valence-corrected chi connectivity index (χ4v) is 5.11. The van der Waals surface area contributed by atoms with Gasteiger partial charge in [-0.25, -0.2) is 8.42 Å². The summed E-state index contributed by atoms with van der Waals surface area (Å²) in [5.74, 6) is 0. The van der Waals surface area contributed by atoms with E-state index < -0.39 is 10.0 Å². The summed E-state index contributed by atoms with van der Waals surface area (Å²) in [6.45, 7) is 8.14. The summed E-state index contributed by atoms with van der Waals surface area (Å²) in [4.78, 5) is 2.70. The molecule has 1 fully saturated rings. The highest BCUT2D eigenvalue weighted by molar-refractivity contribution is 9.10. The van der Waals surface area contributed by atoms with E-state index in [1.165, 1.54) is 0 Å². The van der Waals surface area contributed by atoms with Crippen LogP contribution >= 0.6 is 15.9 Å². The van der Waals surface area contributed by atoms with E-state index in [1.807, 2.05) is 0 Å². The number of benzene rings is 1. The maximum atomic E-state index is 12.8. The van der Waals surface area contributed by atoms with Crippen molar-refractivity contribution in [2.45, 2.75) is 56.6 Å². The molecule has 5 nitrogen and oxygen atoms in total. The normalized spacial score (nSPS) is 21.5. The molecular weight excluding hydrogens is 416 g/mol. The third-order valence-corrected chi connectivity index (χ3v) is 7.76. The van der Waals surface area contributed by atoms with Gasteiger partial charge in [-0.05, 0) is 63.0 Å². The Morgan fingerprint density at radius 1 is 1.08 bits per heavy atom. The summed E-state index contributed by atoms with van der Waals surface area (Å²) in [7, 11) is -1.74. The summed E-state index contributed by atoms with van der Waals surface area (Å²) in [6, 6.07) is 6.88. The molecule has 148 valence electrons. The van der Waals surface area contributed by atoms with Gasteiger partial charge in [0.2, 0.25) is 10.0 Å². The highest BCUT2D eigenvalue weighted by Gasteiger charge is 2.31. The third-order valence-electron chi connectivity index (χ3n) is 5.30. The quantitative estimate of drug-likeness (QED) is 0.579. The molecule has 0 radical (unpaired) electrons. The third kappa shape index (κ3) is 5.76. The first-order valence-corrected chi connectivity index (χ1v) is 11.7. The summed E-state index contributed by atoms with van der Waals surface area (Å²) in [5, 5.41) is 0. The molecular formula is C19H31BrN2O3S. The zero-order valence-electron chi connectivity index (χ0n) is 16.0. The molecule has 1 saturated carbocycles. The maximum absolute atomic E-state index is 12.8. The molecule has 1 aromatic carbocycles. The van der Waals surface area contributed by atoms with Gasteiger partial charge >= 0.3 is 0 Å². The van der Waals surface area contributed by atoms with Gasteiger partial charge in [-0.2, -0.15) is 4.31 Å². The Labute approximate surface area is 166 Å². The largest absolute Gasteiger partial charge is 0.377 e. The molecule has 0 spiro atoms. The van der Waals surface area contributed by atoms with Crippen LogP contribution in [0.5, 0.6) is 0 Å². The molecule has 2 rings (SSSR count). The minimum atomic E-state index is -3.44. The number of likely N-dealkylation sites (N-methyl/N-ethyl adjacent to an activating group) is 1. The first kappa shape index (κ1) is 21.8. The van der Waals surface area contributed by atoms with Crippen molar-refractivity contribution in [3.8, 4) is 0 Å². The molecule has 1 aromatic rings. The number of halogens is 1. The second-order valence-corrected chi connectivity index (χ2v) is 9.72. The van der Waals surface area contributed by atoms with Crippen LogP contribution in [0.25, 0.3) is 0 Å². The molecule has 0 unspecified atom stereocenters. The zero-order valence-corrected chi connectivity index (χ0v) is 18.4. The molecule has 0 aromatic heterocycles. The first-order valence-electron chi connectivity index (χ1n) is 9.46. The van der Waals surface area contributed by atoms with E-state index in [0.717, 1.165) is 56.4 Å². The second-order valence-electron chi connectivity index (χ2n) is 6.80. The lowest BCUT2D eigenvalue weighted by molar-refractivity contribution is 0.00796. The molecule has 0 amide bonds. The lowest BCUT2D eigenvalue weighted by Crippen LogP contribution is -2.41. The Bertz CT molecular complexity index is 639. The molecule has 1 aliphatic carbocycles. The van der Waals surface area contributed by atoms with Gasteiger partial charge in [0.1, 0.15) is 0 Å². The predicted octanol–water partition coefficient (Wildman–Crippen LogP) is 3.74. The van der Waals surface area contributed by atoms with Crippen LogP contribution in [0.15, 0.2) is 33.6 Å². The lowest BCUT2D eigenvalue weighted by atomic mass is 9.93. The van der Waals surface area contributed by atoms with Crippen molar-refractivity contribution in [1.29, 1.82) is 0 Å². The molecule has 0 aliphatic heterocycles. The molecule has 7 heteroatoms. The van der Waals surface area contributed by atoms with Gasteiger partial charge in [0.05, 0.1) is 17.6 Å². The van der Waals surface area contributed by atoms with Crippen LogP contribution in [-0.2, 0) is 14.8 Å². The lowest BCUT2D eigenvalue weighted by Gasteiger charge is -2.34. The Morgan fingerprint density at radius 2 is 1.65 bits per heavy atom. The molecule has 26 heavy (non-hydrogen) atoms. The van der Waals surface area contributed by atoms with Crippen molar-refractivity contribution in [3.05, 3.63) is 28.7 Å². The van der Waals surface area contributed by atoms with E-state index in [0.29, 0.717) is 4.90 Å². The molecule has 0 saturated heterocycles. The van der Waals surface area contributed by atoms with Crippen molar-refractivity contribution in [2.75, 3.05) is 33.3 Å². The van der Waals surface area contributed by atoms with Crippen molar-refractivity contribution < 1.29 is 13.2 Å². The Hall–Kier alpha value is -0.470. The minimum Gasteiger partial charge on any atom is -0.377 e. The Morgan fingerprint density at radius 3 is 2.19 bits per heavy atom. The number of ether oxygens (including phenoxy) is 1. The van der Waals surface area contributed by atoms with E-state index in [2.05, 4.69) is 34.7 Å². The van der Waals surface area contributed by atoms with Crippen molar-refractivity contribution in [1.82, 2.24) is 9.21 Å². The fraction of sp³-hybridized carbons (Fsp3) is 0.684. The highest BCUT2D eigenvalue weighted by atomic mass is 79.9. The highest BCUT2D eigenvalue weighted by Crippen LogP contribution is 2.28. The van der Waals surface area contributed by atoms with E-state index in [-0.39, 0.29) is 12.1 Å². The summed E-state index contributed by atoms with van der Waals surface area (Å²) < 4.78 is 34.1. The minimum absolute atomic E-state index is 0.0475. The standard InChI is InChI=1S/C19H31BrN2O3S/c1-4-22(5-2)14-15-25-18-10-8-17(9-11-18)21(3)26(23,24)19-12-6-16(20)7-13-19/h6-7,12-13,17-18H,4-5,8-11,14-15H2,1-3H3/t17-,18-. The number of nitrogens with zero attached hydrogens (tertiary/aromatic N) is 2. The van der Waals surface area contributed by atoms with Gasteiger partial charge in [0.25, 0.3) is 0 Å². The van der Waals surface area contributed by atoms with Crippen LogP contribution in [0.4, 0.5) is 0 Å². The number of sulfonamides is 1. The van der Waals surface area contributed by atoms with Crippen LogP contribution in [0, 0.1) is 0 Å². The van der Waals surface area contributed by atoms with Crippen LogP contribution < -0.4 is 0 Å². The number of hydrogen-bond acceptors (Lipinski definition) is 4. The number of rotatable bonds is 9. The van der Waals surface area contributed by atoms with Gasteiger partial charge in [-0.15, -0.1) is 0 Å². The number of hydrogen-bond donors (Lipinski definition) is 0. The predicted molar refractivity (Wildman–Crippen MR) is 109 cm³/mol. The zero-order chi connectivity index (χ0) is 19.2. The maximum Gasteiger partial charge on any atom is 0.243 e. The van der Waals surface area contributed by atoms with Gasteiger partial charge < -0.3 is 9.64 Å². The monoisotopic (exact) mass is 446 g/mol. The summed E-state index contributed by atoms with van der Waals surface area (Å²) >= 11 is 3.35. The Balaban J connectivity index is 1.84. The van der Waals surface area contributed by atoms with Gasteiger partial charge in [0, 0.05) is 24.1 Å². The van der Waals surface area contributed by atoms with Crippen LogP contribution in [0.3, 0.4) is 0 Å². The SMILES string of the molecule is CCN(CC)CCO[C@H]1CC[C@H](N(C)S(=O)(=O)c2ccc(Br)cc2)CC1. The summed E-state index contributed by atoms with van der Waals surface area (Å²) in [6.07, 6.45) is 3.79. The van der Waals surface area contributed by atoms with E-state index in [1.54, 1.807) is 35.6 Å².